The number of amides is 1. The first-order valence-corrected chi connectivity index (χ1v) is 7.74. The van der Waals surface area contributed by atoms with Gasteiger partial charge in [0.1, 0.15) is 0 Å². The van der Waals surface area contributed by atoms with Gasteiger partial charge in [-0.15, -0.1) is 0 Å². The minimum absolute atomic E-state index is 0.213. The summed E-state index contributed by atoms with van der Waals surface area (Å²) in [6.07, 6.45) is 8.86. The number of carbonyl (C=O) groups excluding carboxylic acids is 1. The maximum atomic E-state index is 11.9. The number of carbonyl (C=O) groups is 1. The average molecular weight is 252 g/mol. The molecule has 1 saturated carbocycles. The summed E-state index contributed by atoms with van der Waals surface area (Å²) >= 11 is 0. The van der Waals surface area contributed by atoms with E-state index in [9.17, 15) is 4.79 Å². The molecule has 18 heavy (non-hydrogen) atoms. The smallest absolute Gasteiger partial charge is 0.224 e. The number of rotatable bonds is 4. The van der Waals surface area contributed by atoms with Crippen LogP contribution in [0.2, 0.25) is 0 Å². The van der Waals surface area contributed by atoms with Gasteiger partial charge in [-0.2, -0.15) is 0 Å². The van der Waals surface area contributed by atoms with Gasteiger partial charge >= 0.3 is 0 Å². The van der Waals surface area contributed by atoms with Crippen molar-refractivity contribution in [1.29, 1.82) is 0 Å². The van der Waals surface area contributed by atoms with Crippen molar-refractivity contribution in [3.8, 4) is 0 Å². The quantitative estimate of drug-likeness (QED) is 0.806. The highest BCUT2D eigenvalue weighted by Gasteiger charge is 2.21. The van der Waals surface area contributed by atoms with E-state index in [4.69, 9.17) is 0 Å². The second-order valence-corrected chi connectivity index (χ2v) is 6.25. The van der Waals surface area contributed by atoms with Gasteiger partial charge in [0.15, 0.2) is 0 Å². The van der Waals surface area contributed by atoms with Crippen LogP contribution in [0.3, 0.4) is 0 Å². The van der Waals surface area contributed by atoms with Crippen LogP contribution in [-0.4, -0.2) is 25.5 Å². The predicted molar refractivity (Wildman–Crippen MR) is 74.3 cm³/mol. The Morgan fingerprint density at radius 2 is 2.00 bits per heavy atom. The van der Waals surface area contributed by atoms with E-state index in [0.29, 0.717) is 0 Å². The molecule has 1 amide bonds. The number of hydrogen-bond acceptors (Lipinski definition) is 2. The van der Waals surface area contributed by atoms with Crippen LogP contribution in [0, 0.1) is 17.8 Å². The second kappa shape index (κ2) is 7.13. The van der Waals surface area contributed by atoms with Crippen LogP contribution in [0.15, 0.2) is 0 Å². The molecule has 0 bridgehead atoms. The van der Waals surface area contributed by atoms with Crippen molar-refractivity contribution < 1.29 is 4.79 Å². The van der Waals surface area contributed by atoms with E-state index in [1.54, 1.807) is 0 Å². The molecule has 2 N–H and O–H groups in total. The van der Waals surface area contributed by atoms with Gasteiger partial charge in [0.05, 0.1) is 5.92 Å². The molecule has 0 unspecified atom stereocenters. The lowest BCUT2D eigenvalue weighted by atomic mass is 9.81. The van der Waals surface area contributed by atoms with Gasteiger partial charge in [0.25, 0.3) is 0 Å². The van der Waals surface area contributed by atoms with Crippen molar-refractivity contribution >= 4 is 5.91 Å². The summed E-state index contributed by atoms with van der Waals surface area (Å²) in [7, 11) is 0. The third-order valence-corrected chi connectivity index (χ3v) is 4.65. The summed E-state index contributed by atoms with van der Waals surface area (Å²) in [6, 6.07) is 0. The molecule has 2 rings (SSSR count). The molecule has 1 heterocycles. The average Bonchev–Trinajstić information content (AvgIpc) is 2.42. The number of piperidine rings is 1. The Hall–Kier alpha value is -0.570. The van der Waals surface area contributed by atoms with Gasteiger partial charge < -0.3 is 10.6 Å². The Morgan fingerprint density at radius 3 is 2.67 bits per heavy atom. The van der Waals surface area contributed by atoms with Gasteiger partial charge in [-0.25, -0.2) is 0 Å². The molecule has 1 aliphatic heterocycles. The second-order valence-electron chi connectivity index (χ2n) is 6.25. The van der Waals surface area contributed by atoms with E-state index < -0.39 is 0 Å². The number of nitrogens with one attached hydrogen (secondary N) is 2. The van der Waals surface area contributed by atoms with Gasteiger partial charge in [-0.1, -0.05) is 32.6 Å². The first kappa shape index (κ1) is 13.9. The summed E-state index contributed by atoms with van der Waals surface area (Å²) in [4.78, 5) is 11.9. The predicted octanol–water partition coefficient (Wildman–Crippen LogP) is 2.32. The van der Waals surface area contributed by atoms with Gasteiger partial charge in [-0.05, 0) is 37.6 Å². The topological polar surface area (TPSA) is 41.1 Å². The fourth-order valence-corrected chi connectivity index (χ4v) is 3.24. The molecule has 104 valence electrons. The molecule has 3 nitrogen and oxygen atoms in total. The molecule has 2 fully saturated rings. The lowest BCUT2D eigenvalue weighted by Crippen LogP contribution is -2.41. The number of hydrogen-bond donors (Lipinski definition) is 2. The Bertz CT molecular complexity index is 253. The van der Waals surface area contributed by atoms with Crippen LogP contribution in [0.5, 0.6) is 0 Å². The van der Waals surface area contributed by atoms with Crippen molar-refractivity contribution in [2.45, 2.75) is 51.9 Å². The van der Waals surface area contributed by atoms with Gasteiger partial charge in [-0.3, -0.25) is 4.79 Å². The zero-order chi connectivity index (χ0) is 12.8. The molecule has 0 aromatic carbocycles. The summed E-state index contributed by atoms with van der Waals surface area (Å²) in [5.74, 6) is 2.26. The zero-order valence-corrected chi connectivity index (χ0v) is 11.7. The molecule has 0 aromatic rings. The molecule has 0 radical (unpaired) electrons. The minimum atomic E-state index is 0.213. The van der Waals surface area contributed by atoms with Crippen molar-refractivity contribution in [1.82, 2.24) is 10.6 Å². The third kappa shape index (κ3) is 4.27. The summed E-state index contributed by atoms with van der Waals surface area (Å²) in [5, 5.41) is 6.43. The highest BCUT2D eigenvalue weighted by molar-refractivity contribution is 5.78. The van der Waals surface area contributed by atoms with Gasteiger partial charge in [0.2, 0.25) is 5.91 Å². The van der Waals surface area contributed by atoms with E-state index in [0.717, 1.165) is 44.3 Å². The first-order valence-electron chi connectivity index (χ1n) is 7.74. The molecular weight excluding hydrogens is 224 g/mol. The first-order chi connectivity index (χ1) is 8.75. The Balaban J connectivity index is 1.58. The van der Waals surface area contributed by atoms with Crippen LogP contribution in [0.25, 0.3) is 0 Å². The fourth-order valence-electron chi connectivity index (χ4n) is 3.24. The van der Waals surface area contributed by atoms with E-state index in [-0.39, 0.29) is 11.8 Å². The van der Waals surface area contributed by atoms with Crippen molar-refractivity contribution in [2.24, 2.45) is 17.8 Å². The maximum absolute atomic E-state index is 11.9. The molecule has 1 aliphatic carbocycles. The lowest BCUT2D eigenvalue weighted by molar-refractivity contribution is -0.125. The zero-order valence-electron chi connectivity index (χ0n) is 11.7. The van der Waals surface area contributed by atoms with Crippen molar-refractivity contribution in [3.63, 3.8) is 0 Å². The minimum Gasteiger partial charge on any atom is -0.356 e. The van der Waals surface area contributed by atoms with Crippen molar-refractivity contribution in [2.75, 3.05) is 19.6 Å². The monoisotopic (exact) mass is 252 g/mol. The van der Waals surface area contributed by atoms with E-state index in [1.165, 1.54) is 32.1 Å². The van der Waals surface area contributed by atoms with Crippen LogP contribution >= 0.6 is 0 Å². The Kier molecular flexibility index (Phi) is 5.48. The van der Waals surface area contributed by atoms with Crippen LogP contribution < -0.4 is 10.6 Å². The third-order valence-electron chi connectivity index (χ3n) is 4.65. The van der Waals surface area contributed by atoms with Crippen LogP contribution in [0.4, 0.5) is 0 Å². The molecule has 0 aromatic heterocycles. The van der Waals surface area contributed by atoms with E-state index >= 15 is 0 Å². The van der Waals surface area contributed by atoms with Crippen LogP contribution in [-0.2, 0) is 4.79 Å². The Labute approximate surface area is 111 Å². The molecule has 2 aliphatic rings. The maximum Gasteiger partial charge on any atom is 0.224 e. The summed E-state index contributed by atoms with van der Waals surface area (Å²) in [6.45, 7) is 5.18. The summed E-state index contributed by atoms with van der Waals surface area (Å²) in [5.41, 5.74) is 0. The van der Waals surface area contributed by atoms with Crippen LogP contribution in [0.1, 0.15) is 51.9 Å². The molecule has 1 saturated heterocycles. The molecule has 3 heteroatoms. The largest absolute Gasteiger partial charge is 0.356 e. The lowest BCUT2D eigenvalue weighted by Gasteiger charge is -2.26. The molecule has 0 spiro atoms. The molecule has 1 atom stereocenters. The SMILES string of the molecule is CC1CCC(CCNC(=O)[C@H]2CCCNC2)CC1. The highest BCUT2D eigenvalue weighted by Crippen LogP contribution is 2.29. The van der Waals surface area contributed by atoms with Crippen molar-refractivity contribution in [3.05, 3.63) is 0 Å². The highest BCUT2D eigenvalue weighted by atomic mass is 16.1. The molecular formula is C15H28N2O. The van der Waals surface area contributed by atoms with E-state index in [1.807, 2.05) is 0 Å². The van der Waals surface area contributed by atoms with E-state index in [2.05, 4.69) is 17.6 Å². The summed E-state index contributed by atoms with van der Waals surface area (Å²) < 4.78 is 0. The normalized spacial score (nSPS) is 33.1. The van der Waals surface area contributed by atoms with Gasteiger partial charge in [0, 0.05) is 13.1 Å². The standard InChI is InChI=1S/C15H28N2O/c1-12-4-6-13(7-5-12)8-10-17-15(18)14-3-2-9-16-11-14/h12-14,16H,2-11H2,1H3,(H,17,18)/t12?,13?,14-/m0/s1. The fraction of sp³-hybridized carbons (Fsp3) is 0.933. The Morgan fingerprint density at radius 1 is 1.22 bits per heavy atom.